The molecule has 0 amide bonds. The quantitative estimate of drug-likeness (QED) is 0.524. The van der Waals surface area contributed by atoms with Crippen molar-refractivity contribution >= 4 is 22.4 Å². The Morgan fingerprint density at radius 2 is 1.93 bits per heavy atom. The first-order valence-corrected chi connectivity index (χ1v) is 10.4. The van der Waals surface area contributed by atoms with Crippen LogP contribution in [-0.2, 0) is 17.8 Å². The van der Waals surface area contributed by atoms with Crippen LogP contribution in [0.4, 0.5) is 5.69 Å². The number of aromatic hydroxyl groups is 1. The standard InChI is InChI=1S/C24H27N3O3/c28-16-19-5-3-7-23(30)24(19)26-20-8-10-27(11-9-20)15-21(29)13-17-12-18-4-1-2-6-22(18)25-14-17/h1-7,12,14,20,26,28,30H,8-11,13,15-16H2. The maximum Gasteiger partial charge on any atom is 0.151 e. The Kier molecular flexibility index (Phi) is 6.26. The number of Topliss-reactive ketones (excluding diaryl/α,β-unsaturated/α-hetero) is 1. The summed E-state index contributed by atoms with van der Waals surface area (Å²) >= 11 is 0. The van der Waals surface area contributed by atoms with Crippen LogP contribution in [0.5, 0.6) is 5.75 Å². The topological polar surface area (TPSA) is 85.7 Å². The Hall–Kier alpha value is -2.96. The third kappa shape index (κ3) is 4.78. The first kappa shape index (κ1) is 20.3. The number of anilines is 1. The van der Waals surface area contributed by atoms with Gasteiger partial charge >= 0.3 is 0 Å². The Morgan fingerprint density at radius 1 is 1.13 bits per heavy atom. The molecule has 1 aliphatic rings. The SMILES string of the molecule is O=C(Cc1cnc2ccccc2c1)CN1CCC(Nc2c(O)cccc2CO)CC1. The van der Waals surface area contributed by atoms with Gasteiger partial charge in [-0.05, 0) is 36.6 Å². The van der Waals surface area contributed by atoms with Crippen molar-refractivity contribution in [1.82, 2.24) is 9.88 Å². The number of benzene rings is 2. The number of hydrogen-bond acceptors (Lipinski definition) is 6. The lowest BCUT2D eigenvalue weighted by molar-refractivity contribution is -0.119. The minimum Gasteiger partial charge on any atom is -0.506 e. The molecule has 0 aliphatic carbocycles. The van der Waals surface area contributed by atoms with Gasteiger partial charge in [0.05, 0.1) is 24.4 Å². The van der Waals surface area contributed by atoms with E-state index in [2.05, 4.69) is 15.2 Å². The van der Waals surface area contributed by atoms with Gasteiger partial charge in [-0.3, -0.25) is 14.7 Å². The minimum absolute atomic E-state index is 0.117. The van der Waals surface area contributed by atoms with Gasteiger partial charge in [0.1, 0.15) is 5.75 Å². The van der Waals surface area contributed by atoms with E-state index in [1.807, 2.05) is 30.3 Å². The van der Waals surface area contributed by atoms with Gasteiger partial charge in [0.25, 0.3) is 0 Å². The smallest absolute Gasteiger partial charge is 0.151 e. The van der Waals surface area contributed by atoms with Gasteiger partial charge in [0.15, 0.2) is 5.78 Å². The minimum atomic E-state index is -0.117. The fourth-order valence-electron chi connectivity index (χ4n) is 4.07. The molecule has 1 saturated heterocycles. The first-order valence-electron chi connectivity index (χ1n) is 10.4. The maximum absolute atomic E-state index is 12.6. The van der Waals surface area contributed by atoms with E-state index in [1.165, 1.54) is 0 Å². The molecule has 0 atom stereocenters. The predicted molar refractivity (Wildman–Crippen MR) is 118 cm³/mol. The highest BCUT2D eigenvalue weighted by molar-refractivity contribution is 5.85. The summed E-state index contributed by atoms with van der Waals surface area (Å²) in [6, 6.07) is 15.3. The van der Waals surface area contributed by atoms with Crippen molar-refractivity contribution in [2.45, 2.75) is 31.9 Å². The van der Waals surface area contributed by atoms with Crippen molar-refractivity contribution in [3.63, 3.8) is 0 Å². The number of piperidine rings is 1. The number of aliphatic hydroxyl groups is 1. The predicted octanol–water partition coefficient (Wildman–Crippen LogP) is 3.12. The molecule has 0 saturated carbocycles. The second-order valence-corrected chi connectivity index (χ2v) is 7.92. The van der Waals surface area contributed by atoms with Crippen molar-refractivity contribution in [3.05, 3.63) is 65.9 Å². The number of nitrogens with zero attached hydrogens (tertiary/aromatic N) is 2. The van der Waals surface area contributed by atoms with Crippen molar-refractivity contribution in [1.29, 1.82) is 0 Å². The Morgan fingerprint density at radius 3 is 2.73 bits per heavy atom. The van der Waals surface area contributed by atoms with E-state index in [1.54, 1.807) is 24.4 Å². The Labute approximate surface area is 176 Å². The Bertz CT molecular complexity index is 1030. The summed E-state index contributed by atoms with van der Waals surface area (Å²) in [4.78, 5) is 19.2. The van der Waals surface area contributed by atoms with Crippen LogP contribution in [0.25, 0.3) is 10.9 Å². The molecule has 0 unspecified atom stereocenters. The van der Waals surface area contributed by atoms with Crippen LogP contribution in [0.3, 0.4) is 0 Å². The van der Waals surface area contributed by atoms with E-state index in [4.69, 9.17) is 0 Å². The van der Waals surface area contributed by atoms with Crippen molar-refractivity contribution in [3.8, 4) is 5.75 Å². The zero-order valence-corrected chi connectivity index (χ0v) is 16.9. The van der Waals surface area contributed by atoms with Crippen LogP contribution >= 0.6 is 0 Å². The molecule has 0 radical (unpaired) electrons. The molecule has 3 aromatic rings. The molecular formula is C24H27N3O3. The number of rotatable bonds is 7. The molecule has 1 aliphatic heterocycles. The second-order valence-electron chi connectivity index (χ2n) is 7.92. The van der Waals surface area contributed by atoms with Crippen molar-refractivity contribution in [2.75, 3.05) is 25.0 Å². The number of nitrogens with one attached hydrogen (secondary N) is 1. The second kappa shape index (κ2) is 9.24. The highest BCUT2D eigenvalue weighted by Gasteiger charge is 2.22. The molecule has 1 fully saturated rings. The molecule has 1 aromatic heterocycles. The summed E-state index contributed by atoms with van der Waals surface area (Å²) in [7, 11) is 0. The lowest BCUT2D eigenvalue weighted by atomic mass is 10.0. The first-order chi connectivity index (χ1) is 14.6. The summed E-state index contributed by atoms with van der Waals surface area (Å²) in [5, 5.41) is 24.0. The largest absolute Gasteiger partial charge is 0.506 e. The summed E-state index contributed by atoms with van der Waals surface area (Å²) in [6.07, 6.45) is 3.95. The van der Waals surface area contributed by atoms with Crippen LogP contribution in [0.1, 0.15) is 24.0 Å². The van der Waals surface area contributed by atoms with E-state index in [0.29, 0.717) is 24.2 Å². The van der Waals surface area contributed by atoms with Gasteiger partial charge in [0.2, 0.25) is 0 Å². The number of carbonyl (C=O) groups is 1. The number of ketones is 1. The maximum atomic E-state index is 12.6. The van der Waals surface area contributed by atoms with Crippen LogP contribution in [0.2, 0.25) is 0 Å². The van der Waals surface area contributed by atoms with Crippen LogP contribution < -0.4 is 5.32 Å². The van der Waals surface area contributed by atoms with E-state index in [0.717, 1.165) is 42.4 Å². The third-order valence-corrected chi connectivity index (χ3v) is 5.68. The third-order valence-electron chi connectivity index (χ3n) is 5.68. The zero-order chi connectivity index (χ0) is 20.9. The number of carbonyl (C=O) groups excluding carboxylic acids is 1. The number of phenolic OH excluding ortho intramolecular Hbond substituents is 1. The highest BCUT2D eigenvalue weighted by Crippen LogP contribution is 2.29. The van der Waals surface area contributed by atoms with E-state index >= 15 is 0 Å². The number of likely N-dealkylation sites (tertiary alicyclic amines) is 1. The van der Waals surface area contributed by atoms with Gasteiger partial charge in [-0.25, -0.2) is 0 Å². The fourth-order valence-corrected chi connectivity index (χ4v) is 4.07. The lowest BCUT2D eigenvalue weighted by Crippen LogP contribution is -2.41. The summed E-state index contributed by atoms with van der Waals surface area (Å²) in [5.74, 6) is 0.352. The summed E-state index contributed by atoms with van der Waals surface area (Å²) < 4.78 is 0. The molecule has 30 heavy (non-hydrogen) atoms. The molecule has 0 spiro atoms. The number of aromatic nitrogens is 1. The zero-order valence-electron chi connectivity index (χ0n) is 16.9. The monoisotopic (exact) mass is 405 g/mol. The van der Waals surface area contributed by atoms with Gasteiger partial charge in [-0.1, -0.05) is 30.3 Å². The fraction of sp³-hybridized carbons (Fsp3) is 0.333. The molecule has 0 bridgehead atoms. The normalized spacial score (nSPS) is 15.4. The van der Waals surface area contributed by atoms with Crippen LogP contribution in [0, 0.1) is 0 Å². The number of para-hydroxylation sites is 2. The number of phenols is 1. The molecule has 3 N–H and O–H groups in total. The molecule has 2 heterocycles. The molecule has 6 nitrogen and oxygen atoms in total. The van der Waals surface area contributed by atoms with Gasteiger partial charge < -0.3 is 15.5 Å². The molecule has 2 aromatic carbocycles. The highest BCUT2D eigenvalue weighted by atomic mass is 16.3. The molecular weight excluding hydrogens is 378 g/mol. The van der Waals surface area contributed by atoms with Crippen molar-refractivity contribution < 1.29 is 15.0 Å². The van der Waals surface area contributed by atoms with E-state index in [9.17, 15) is 15.0 Å². The number of aliphatic hydroxyl groups excluding tert-OH is 1. The molecule has 6 heteroatoms. The van der Waals surface area contributed by atoms with E-state index in [-0.39, 0.29) is 24.2 Å². The Balaban J connectivity index is 1.28. The average molecular weight is 405 g/mol. The lowest BCUT2D eigenvalue weighted by Gasteiger charge is -2.33. The van der Waals surface area contributed by atoms with Gasteiger partial charge in [-0.15, -0.1) is 0 Å². The number of pyridine rings is 1. The molecule has 4 rings (SSSR count). The summed E-state index contributed by atoms with van der Waals surface area (Å²) in [5.41, 5.74) is 3.19. The van der Waals surface area contributed by atoms with E-state index < -0.39 is 0 Å². The number of fused-ring (bicyclic) bond motifs is 1. The van der Waals surface area contributed by atoms with Crippen LogP contribution in [0.15, 0.2) is 54.7 Å². The van der Waals surface area contributed by atoms with Gasteiger partial charge in [-0.2, -0.15) is 0 Å². The van der Waals surface area contributed by atoms with Crippen molar-refractivity contribution in [2.24, 2.45) is 0 Å². The average Bonchev–Trinajstić information content (AvgIpc) is 2.76. The number of hydrogen-bond donors (Lipinski definition) is 3. The summed E-state index contributed by atoms with van der Waals surface area (Å²) in [6.45, 7) is 1.97. The molecule has 156 valence electrons. The van der Waals surface area contributed by atoms with Crippen LogP contribution in [-0.4, -0.2) is 51.6 Å². The van der Waals surface area contributed by atoms with Gasteiger partial charge in [0, 0.05) is 42.7 Å².